The van der Waals surface area contributed by atoms with Crippen LogP contribution in [0.2, 0.25) is 0 Å². The van der Waals surface area contributed by atoms with Crippen LogP contribution >= 0.6 is 0 Å². The lowest BCUT2D eigenvalue weighted by atomic mass is 9.87. The van der Waals surface area contributed by atoms with Crippen molar-refractivity contribution < 1.29 is 14.4 Å². The molecule has 0 saturated carbocycles. The molecule has 1 aromatic heterocycles. The molecule has 1 saturated heterocycles. The molecule has 2 atom stereocenters. The summed E-state index contributed by atoms with van der Waals surface area (Å²) in [6, 6.07) is 0. The van der Waals surface area contributed by atoms with Gasteiger partial charge in [0.15, 0.2) is 5.82 Å². The Balaban J connectivity index is 2.07. The van der Waals surface area contributed by atoms with Gasteiger partial charge in [0, 0.05) is 24.9 Å². The van der Waals surface area contributed by atoms with Gasteiger partial charge in [-0.05, 0) is 6.92 Å². The Hall–Kier alpha value is -0.940. The highest BCUT2D eigenvalue weighted by atomic mass is 16.5. The molecule has 2 heterocycles. The van der Waals surface area contributed by atoms with Crippen molar-refractivity contribution in [3.63, 3.8) is 0 Å². The molecule has 1 aromatic rings. The van der Waals surface area contributed by atoms with Crippen LogP contribution < -0.4 is 0 Å². The first kappa shape index (κ1) is 13.5. The van der Waals surface area contributed by atoms with E-state index < -0.39 is 5.60 Å². The summed E-state index contributed by atoms with van der Waals surface area (Å²) in [5.74, 6) is 1.19. The third kappa shape index (κ3) is 3.09. The van der Waals surface area contributed by atoms with E-state index in [0.717, 1.165) is 0 Å². The zero-order valence-corrected chi connectivity index (χ0v) is 11.6. The minimum Gasteiger partial charge on any atom is -0.389 e. The number of rotatable bonds is 2. The van der Waals surface area contributed by atoms with Crippen molar-refractivity contribution in [3.05, 3.63) is 11.7 Å². The first-order valence-corrected chi connectivity index (χ1v) is 6.46. The van der Waals surface area contributed by atoms with Gasteiger partial charge in [0.2, 0.25) is 5.89 Å². The molecule has 5 heteroatoms. The number of aromatic nitrogens is 2. The largest absolute Gasteiger partial charge is 0.389 e. The topological polar surface area (TPSA) is 68.4 Å². The van der Waals surface area contributed by atoms with Crippen molar-refractivity contribution in [1.82, 2.24) is 10.1 Å². The van der Waals surface area contributed by atoms with Gasteiger partial charge in [-0.1, -0.05) is 25.9 Å². The lowest BCUT2D eigenvalue weighted by Gasteiger charge is -2.34. The second-order valence-electron chi connectivity index (χ2n) is 6.30. The van der Waals surface area contributed by atoms with Crippen molar-refractivity contribution in [2.45, 2.75) is 64.1 Å². The van der Waals surface area contributed by atoms with Gasteiger partial charge in [0.1, 0.15) is 0 Å². The summed E-state index contributed by atoms with van der Waals surface area (Å²) >= 11 is 0. The minimum atomic E-state index is -0.778. The molecule has 0 unspecified atom stereocenters. The van der Waals surface area contributed by atoms with E-state index in [1.807, 2.05) is 27.7 Å². The molecule has 0 amide bonds. The fourth-order valence-electron chi connectivity index (χ4n) is 2.22. The van der Waals surface area contributed by atoms with E-state index in [0.29, 0.717) is 37.6 Å². The SMILES string of the molecule is C[C@H]1C[C@@](O)(Cc2nc(C(C)(C)C)no2)CCO1. The number of ether oxygens (including phenoxy) is 1. The number of aliphatic hydroxyl groups is 1. The van der Waals surface area contributed by atoms with Crippen LogP contribution in [0, 0.1) is 0 Å². The third-order valence-electron chi connectivity index (χ3n) is 3.26. The monoisotopic (exact) mass is 254 g/mol. The maximum absolute atomic E-state index is 10.5. The lowest BCUT2D eigenvalue weighted by Crippen LogP contribution is -2.41. The Labute approximate surface area is 108 Å². The summed E-state index contributed by atoms with van der Waals surface area (Å²) in [7, 11) is 0. The highest BCUT2D eigenvalue weighted by molar-refractivity contribution is 5.02. The maximum Gasteiger partial charge on any atom is 0.229 e. The van der Waals surface area contributed by atoms with Crippen LogP contribution in [0.25, 0.3) is 0 Å². The molecule has 2 rings (SSSR count). The van der Waals surface area contributed by atoms with E-state index in [1.54, 1.807) is 0 Å². The highest BCUT2D eigenvalue weighted by Crippen LogP contribution is 2.28. The Morgan fingerprint density at radius 2 is 2.17 bits per heavy atom. The lowest BCUT2D eigenvalue weighted by molar-refractivity contribution is -0.0987. The maximum atomic E-state index is 10.5. The zero-order valence-electron chi connectivity index (χ0n) is 11.6. The fraction of sp³-hybridized carbons (Fsp3) is 0.846. The van der Waals surface area contributed by atoms with E-state index in [-0.39, 0.29) is 11.5 Å². The van der Waals surface area contributed by atoms with Crippen LogP contribution in [0.15, 0.2) is 4.52 Å². The molecular weight excluding hydrogens is 232 g/mol. The second kappa shape index (κ2) is 4.63. The molecule has 1 N–H and O–H groups in total. The quantitative estimate of drug-likeness (QED) is 0.872. The van der Waals surface area contributed by atoms with E-state index in [1.165, 1.54) is 0 Å². The Morgan fingerprint density at radius 3 is 2.72 bits per heavy atom. The van der Waals surface area contributed by atoms with Crippen molar-refractivity contribution in [1.29, 1.82) is 0 Å². The standard InChI is InChI=1S/C13H22N2O3/c1-9-7-13(16,5-6-17-9)8-10-14-11(15-18-10)12(2,3)4/h9,16H,5-8H2,1-4H3/t9-,13+/m0/s1. The fourth-order valence-corrected chi connectivity index (χ4v) is 2.22. The van der Waals surface area contributed by atoms with Crippen LogP contribution in [0.4, 0.5) is 0 Å². The third-order valence-corrected chi connectivity index (χ3v) is 3.26. The summed E-state index contributed by atoms with van der Waals surface area (Å²) in [6.07, 6.45) is 1.71. The summed E-state index contributed by atoms with van der Waals surface area (Å²) in [5.41, 5.74) is -0.910. The predicted molar refractivity (Wildman–Crippen MR) is 66.3 cm³/mol. The summed E-state index contributed by atoms with van der Waals surface area (Å²) < 4.78 is 10.7. The molecule has 1 aliphatic heterocycles. The Kier molecular flexibility index (Phi) is 3.47. The average molecular weight is 254 g/mol. The molecule has 1 fully saturated rings. The van der Waals surface area contributed by atoms with Gasteiger partial charge >= 0.3 is 0 Å². The molecule has 5 nitrogen and oxygen atoms in total. The van der Waals surface area contributed by atoms with Crippen LogP contribution in [0.5, 0.6) is 0 Å². The summed E-state index contributed by atoms with van der Waals surface area (Å²) in [4.78, 5) is 4.37. The van der Waals surface area contributed by atoms with Gasteiger partial charge < -0.3 is 14.4 Å². The van der Waals surface area contributed by atoms with Crippen LogP contribution in [0.3, 0.4) is 0 Å². The van der Waals surface area contributed by atoms with Crippen molar-refractivity contribution in [2.75, 3.05) is 6.61 Å². The number of hydrogen-bond acceptors (Lipinski definition) is 5. The molecule has 0 radical (unpaired) electrons. The van der Waals surface area contributed by atoms with Gasteiger partial charge in [0.25, 0.3) is 0 Å². The van der Waals surface area contributed by atoms with E-state index in [4.69, 9.17) is 9.26 Å². The van der Waals surface area contributed by atoms with Gasteiger partial charge in [-0.3, -0.25) is 0 Å². The normalized spacial score (nSPS) is 29.5. The van der Waals surface area contributed by atoms with E-state index in [2.05, 4.69) is 10.1 Å². The molecule has 0 aromatic carbocycles. The summed E-state index contributed by atoms with van der Waals surface area (Å²) in [5, 5.41) is 14.5. The first-order valence-electron chi connectivity index (χ1n) is 6.46. The van der Waals surface area contributed by atoms with Crippen molar-refractivity contribution in [3.8, 4) is 0 Å². The molecular formula is C13H22N2O3. The second-order valence-corrected chi connectivity index (χ2v) is 6.30. The first-order chi connectivity index (χ1) is 8.28. The Morgan fingerprint density at radius 1 is 1.44 bits per heavy atom. The molecule has 0 spiro atoms. The van der Waals surface area contributed by atoms with Crippen LogP contribution in [-0.4, -0.2) is 33.6 Å². The number of nitrogens with zero attached hydrogens (tertiary/aromatic N) is 2. The number of hydrogen-bond donors (Lipinski definition) is 1. The van der Waals surface area contributed by atoms with Gasteiger partial charge in [-0.15, -0.1) is 0 Å². The molecule has 0 bridgehead atoms. The average Bonchev–Trinajstić information content (AvgIpc) is 2.64. The zero-order chi connectivity index (χ0) is 13.4. The van der Waals surface area contributed by atoms with E-state index >= 15 is 0 Å². The van der Waals surface area contributed by atoms with Gasteiger partial charge in [-0.2, -0.15) is 4.98 Å². The van der Waals surface area contributed by atoms with E-state index in [9.17, 15) is 5.11 Å². The van der Waals surface area contributed by atoms with Crippen molar-refractivity contribution in [2.24, 2.45) is 0 Å². The van der Waals surface area contributed by atoms with Gasteiger partial charge in [0.05, 0.1) is 18.1 Å². The van der Waals surface area contributed by atoms with Crippen LogP contribution in [-0.2, 0) is 16.6 Å². The highest BCUT2D eigenvalue weighted by Gasteiger charge is 2.35. The van der Waals surface area contributed by atoms with Gasteiger partial charge in [-0.25, -0.2) is 0 Å². The molecule has 0 aliphatic carbocycles. The molecule has 1 aliphatic rings. The molecule has 18 heavy (non-hydrogen) atoms. The van der Waals surface area contributed by atoms with Crippen LogP contribution in [0.1, 0.15) is 52.3 Å². The summed E-state index contributed by atoms with van der Waals surface area (Å²) in [6.45, 7) is 8.66. The minimum absolute atomic E-state index is 0.0776. The Bertz CT molecular complexity index is 411. The smallest absolute Gasteiger partial charge is 0.229 e. The molecule has 102 valence electrons. The predicted octanol–water partition coefficient (Wildman–Crippen LogP) is 1.84. The van der Waals surface area contributed by atoms with Crippen molar-refractivity contribution >= 4 is 0 Å².